The third kappa shape index (κ3) is 4.99. The minimum atomic E-state index is -1.15. The summed E-state index contributed by atoms with van der Waals surface area (Å²) in [6, 6.07) is 0. The fourth-order valence-corrected chi connectivity index (χ4v) is 1.46. The molecule has 0 radical (unpaired) electrons. The van der Waals surface area contributed by atoms with Crippen molar-refractivity contribution in [3.63, 3.8) is 0 Å². The summed E-state index contributed by atoms with van der Waals surface area (Å²) >= 11 is 0. The summed E-state index contributed by atoms with van der Waals surface area (Å²) in [7, 11) is 0. The van der Waals surface area contributed by atoms with Gasteiger partial charge in [-0.25, -0.2) is 9.78 Å². The molecule has 0 fully saturated rings. The molecule has 1 heterocycles. The molecule has 0 spiro atoms. The van der Waals surface area contributed by atoms with Gasteiger partial charge in [0.05, 0.1) is 6.61 Å². The first-order valence-electron chi connectivity index (χ1n) is 5.98. The van der Waals surface area contributed by atoms with E-state index in [0.29, 0.717) is 24.9 Å². The Labute approximate surface area is 106 Å². The lowest BCUT2D eigenvalue weighted by Crippen LogP contribution is -1.90. The largest absolute Gasteiger partial charge is 0.464 e. The van der Waals surface area contributed by atoms with Crippen LogP contribution >= 0.6 is 0 Å². The van der Waals surface area contributed by atoms with Gasteiger partial charge in [-0.05, 0) is 33.1 Å². The summed E-state index contributed by atoms with van der Waals surface area (Å²) in [4.78, 5) is 17.6. The van der Waals surface area contributed by atoms with E-state index >= 15 is 0 Å². The smallest absolute Gasteiger partial charge is 0.430 e. The molecule has 6 heteroatoms. The van der Waals surface area contributed by atoms with Gasteiger partial charge in [0.25, 0.3) is 0 Å². The van der Waals surface area contributed by atoms with E-state index in [1.807, 2.05) is 13.8 Å². The molecule has 18 heavy (non-hydrogen) atoms. The number of aliphatic imine (C=N–C) groups is 1. The van der Waals surface area contributed by atoms with Gasteiger partial charge in [-0.3, -0.25) is 0 Å². The summed E-state index contributed by atoms with van der Waals surface area (Å²) in [5.74, 6) is 1.14. The van der Waals surface area contributed by atoms with Gasteiger partial charge in [0, 0.05) is 12.6 Å². The first-order valence-corrected chi connectivity index (χ1v) is 5.98. The fraction of sp³-hybridized carbons (Fsp3) is 0.583. The summed E-state index contributed by atoms with van der Waals surface area (Å²) in [5.41, 5.74) is 0.763. The van der Waals surface area contributed by atoms with E-state index in [0.717, 1.165) is 25.0 Å². The molecule has 0 saturated heterocycles. The van der Waals surface area contributed by atoms with Crippen molar-refractivity contribution in [3.05, 3.63) is 11.6 Å². The van der Waals surface area contributed by atoms with Crippen LogP contribution in [0.4, 0.5) is 4.79 Å². The lowest BCUT2D eigenvalue weighted by molar-refractivity contribution is 0.206. The van der Waals surface area contributed by atoms with Crippen LogP contribution in [-0.2, 0) is 6.42 Å². The van der Waals surface area contributed by atoms with Crippen LogP contribution in [0.1, 0.15) is 37.8 Å². The zero-order chi connectivity index (χ0) is 13.4. The molecule has 0 aliphatic rings. The Bertz CT molecular complexity index is 412. The number of hydrogen-bond donors (Lipinski definition) is 1. The summed E-state index contributed by atoms with van der Waals surface area (Å²) in [5, 5.41) is 8.30. The van der Waals surface area contributed by atoms with Crippen LogP contribution < -0.4 is 4.74 Å². The zero-order valence-corrected chi connectivity index (χ0v) is 10.7. The van der Waals surface area contributed by atoms with E-state index in [4.69, 9.17) is 14.3 Å². The van der Waals surface area contributed by atoms with Crippen LogP contribution in [0.2, 0.25) is 0 Å². The van der Waals surface area contributed by atoms with E-state index in [1.54, 1.807) is 0 Å². The minimum absolute atomic E-state index is 0.486. The average molecular weight is 254 g/mol. The number of nitrogens with zero attached hydrogens (tertiary/aromatic N) is 2. The van der Waals surface area contributed by atoms with Crippen molar-refractivity contribution in [1.29, 1.82) is 0 Å². The molecular formula is C12H18N2O4. The number of rotatable bonds is 7. The van der Waals surface area contributed by atoms with E-state index in [-0.39, 0.29) is 0 Å². The predicted octanol–water partition coefficient (Wildman–Crippen LogP) is 2.84. The van der Waals surface area contributed by atoms with E-state index in [9.17, 15) is 4.79 Å². The van der Waals surface area contributed by atoms with Gasteiger partial charge in [0.2, 0.25) is 0 Å². The third-order valence-corrected chi connectivity index (χ3v) is 2.25. The highest BCUT2D eigenvalue weighted by Crippen LogP contribution is 2.20. The van der Waals surface area contributed by atoms with Crippen LogP contribution in [0.25, 0.3) is 0 Å². The highest BCUT2D eigenvalue weighted by Gasteiger charge is 2.09. The molecule has 0 aliphatic carbocycles. The first kappa shape index (κ1) is 14.2. The maximum atomic E-state index is 10.1. The molecule has 1 amide bonds. The Kier molecular flexibility index (Phi) is 5.90. The van der Waals surface area contributed by atoms with Crippen molar-refractivity contribution in [2.24, 2.45) is 4.99 Å². The number of hydrogen-bond acceptors (Lipinski definition) is 4. The Balaban J connectivity index is 2.27. The second kappa shape index (κ2) is 7.47. The number of ether oxygens (including phenoxy) is 1. The molecule has 1 N–H and O–H groups in total. The Hall–Kier alpha value is -1.85. The summed E-state index contributed by atoms with van der Waals surface area (Å²) < 4.78 is 10.7. The lowest BCUT2D eigenvalue weighted by atomic mass is 10.2. The molecular weight excluding hydrogens is 236 g/mol. The lowest BCUT2D eigenvalue weighted by Gasteiger charge is -1.96. The molecule has 0 unspecified atom stereocenters. The number of oxazole rings is 1. The Morgan fingerprint density at radius 1 is 1.56 bits per heavy atom. The number of unbranched alkanes of at least 4 members (excludes halogenated alkanes) is 2. The molecule has 0 saturated carbocycles. The van der Waals surface area contributed by atoms with Gasteiger partial charge < -0.3 is 14.3 Å². The van der Waals surface area contributed by atoms with Gasteiger partial charge in [-0.1, -0.05) is 0 Å². The van der Waals surface area contributed by atoms with Crippen molar-refractivity contribution in [1.82, 2.24) is 4.98 Å². The van der Waals surface area contributed by atoms with Crippen LogP contribution in [0.5, 0.6) is 5.95 Å². The standard InChI is InChI=1S/C12H18N2O4/c1-3-17-11-9(2)14-10(18-11)7-5-4-6-8-13-12(15)16/h8H,3-7H2,1-2H3,(H,15,16)/b13-8+. The van der Waals surface area contributed by atoms with Crippen molar-refractivity contribution in [3.8, 4) is 5.95 Å². The van der Waals surface area contributed by atoms with E-state index in [1.165, 1.54) is 6.21 Å². The van der Waals surface area contributed by atoms with E-state index in [2.05, 4.69) is 9.98 Å². The first-order chi connectivity index (χ1) is 8.63. The number of aromatic nitrogens is 1. The molecule has 1 rings (SSSR count). The van der Waals surface area contributed by atoms with Crippen LogP contribution in [-0.4, -0.2) is 29.0 Å². The van der Waals surface area contributed by atoms with Crippen LogP contribution in [0, 0.1) is 6.92 Å². The maximum Gasteiger partial charge on any atom is 0.430 e. The fourth-order valence-electron chi connectivity index (χ4n) is 1.46. The third-order valence-electron chi connectivity index (χ3n) is 2.25. The van der Waals surface area contributed by atoms with Crippen LogP contribution in [0.3, 0.4) is 0 Å². The number of carbonyl (C=O) groups is 1. The van der Waals surface area contributed by atoms with Gasteiger partial charge in [0.1, 0.15) is 5.69 Å². The van der Waals surface area contributed by atoms with Crippen molar-refractivity contribution in [2.45, 2.75) is 39.5 Å². The Morgan fingerprint density at radius 3 is 3.00 bits per heavy atom. The Morgan fingerprint density at radius 2 is 2.33 bits per heavy atom. The molecule has 1 aromatic heterocycles. The second-order valence-corrected chi connectivity index (χ2v) is 3.75. The summed E-state index contributed by atoms with van der Waals surface area (Å²) in [6.07, 6.45) is 3.34. The molecule has 0 aliphatic heterocycles. The quantitative estimate of drug-likeness (QED) is 0.597. The molecule has 0 bridgehead atoms. The highest BCUT2D eigenvalue weighted by atomic mass is 16.6. The van der Waals surface area contributed by atoms with Crippen molar-refractivity contribution < 1.29 is 19.1 Å². The highest BCUT2D eigenvalue weighted by molar-refractivity contribution is 5.77. The van der Waals surface area contributed by atoms with Gasteiger partial charge >= 0.3 is 12.0 Å². The molecule has 6 nitrogen and oxygen atoms in total. The topological polar surface area (TPSA) is 84.9 Å². The molecule has 0 aromatic carbocycles. The zero-order valence-electron chi connectivity index (χ0n) is 10.7. The number of amides is 1. The normalized spacial score (nSPS) is 11.0. The molecule has 1 aromatic rings. The van der Waals surface area contributed by atoms with Gasteiger partial charge in [0.15, 0.2) is 5.89 Å². The summed E-state index contributed by atoms with van der Waals surface area (Å²) in [6.45, 7) is 4.29. The SMILES string of the molecule is CCOc1oc(CCCC/C=N/C(=O)O)nc1C. The molecule has 0 atom stereocenters. The predicted molar refractivity (Wildman–Crippen MR) is 66.5 cm³/mol. The van der Waals surface area contributed by atoms with Crippen molar-refractivity contribution >= 4 is 12.3 Å². The average Bonchev–Trinajstić information content (AvgIpc) is 2.65. The van der Waals surface area contributed by atoms with Gasteiger partial charge in [-0.2, -0.15) is 4.99 Å². The number of aryl methyl sites for hydroxylation is 2. The maximum absolute atomic E-state index is 10.1. The minimum Gasteiger partial charge on any atom is -0.464 e. The molecule has 100 valence electrons. The van der Waals surface area contributed by atoms with Gasteiger partial charge in [-0.15, -0.1) is 0 Å². The number of carboxylic acid groups (broad SMARTS) is 1. The van der Waals surface area contributed by atoms with Crippen LogP contribution in [0.15, 0.2) is 9.41 Å². The van der Waals surface area contributed by atoms with E-state index < -0.39 is 6.09 Å². The second-order valence-electron chi connectivity index (χ2n) is 3.75. The monoisotopic (exact) mass is 254 g/mol. The van der Waals surface area contributed by atoms with Crippen molar-refractivity contribution in [2.75, 3.05) is 6.61 Å².